The van der Waals surface area contributed by atoms with Gasteiger partial charge in [-0.3, -0.25) is 0 Å². The lowest BCUT2D eigenvalue weighted by atomic mass is 9.96. The van der Waals surface area contributed by atoms with Crippen LogP contribution >= 0.6 is 27.5 Å². The summed E-state index contributed by atoms with van der Waals surface area (Å²) in [4.78, 5) is 0. The van der Waals surface area contributed by atoms with Crippen molar-refractivity contribution >= 4 is 33.2 Å². The van der Waals surface area contributed by atoms with Crippen molar-refractivity contribution in [2.75, 3.05) is 0 Å². The van der Waals surface area contributed by atoms with Crippen molar-refractivity contribution in [1.82, 2.24) is 5.01 Å². The predicted molar refractivity (Wildman–Crippen MR) is 145 cm³/mol. The zero-order valence-corrected chi connectivity index (χ0v) is 22.2. The topological polar surface area (TPSA) is 47.2 Å². The van der Waals surface area contributed by atoms with E-state index in [1.807, 2.05) is 79.5 Å². The minimum absolute atomic E-state index is 0.0255. The van der Waals surface area contributed by atoms with Crippen LogP contribution in [0.1, 0.15) is 49.4 Å². The molecule has 0 spiro atoms. The number of hydrogen-bond acceptors (Lipinski definition) is 5. The van der Waals surface area contributed by atoms with Crippen LogP contribution in [0, 0.1) is 0 Å². The van der Waals surface area contributed by atoms with E-state index in [0.717, 1.165) is 50.6 Å². The number of furan rings is 1. The SMILES string of the molecule is CC(C)Oc1ccc(C2=NN3[C@@H](c4ccc(-c5cccc(Cl)c5)o4)Oc4ccc(Br)cc4[C@@H]3C2)cc1. The maximum Gasteiger partial charge on any atom is 0.246 e. The molecule has 0 N–H and O–H groups in total. The fourth-order valence-electron chi connectivity index (χ4n) is 4.70. The lowest BCUT2D eigenvalue weighted by molar-refractivity contribution is -0.0322. The summed E-state index contributed by atoms with van der Waals surface area (Å²) < 4.78 is 19.6. The van der Waals surface area contributed by atoms with Crippen LogP contribution in [0.15, 0.2) is 92.9 Å². The minimum Gasteiger partial charge on any atom is -0.491 e. The van der Waals surface area contributed by atoms with Gasteiger partial charge < -0.3 is 13.9 Å². The Morgan fingerprint density at radius 2 is 1.83 bits per heavy atom. The van der Waals surface area contributed by atoms with Crippen LogP contribution in [0.4, 0.5) is 0 Å². The van der Waals surface area contributed by atoms with Crippen molar-refractivity contribution in [2.24, 2.45) is 5.10 Å². The smallest absolute Gasteiger partial charge is 0.246 e. The normalized spacial score (nSPS) is 18.5. The first kappa shape index (κ1) is 23.2. The fourth-order valence-corrected chi connectivity index (χ4v) is 5.27. The quantitative estimate of drug-likeness (QED) is 0.245. The molecule has 0 saturated heterocycles. The van der Waals surface area contributed by atoms with E-state index in [9.17, 15) is 0 Å². The Kier molecular flexibility index (Phi) is 6.02. The summed E-state index contributed by atoms with van der Waals surface area (Å²) in [6.07, 6.45) is 0.402. The Bertz CT molecular complexity index is 1450. The molecule has 0 radical (unpaired) electrons. The molecule has 2 atom stereocenters. The highest BCUT2D eigenvalue weighted by molar-refractivity contribution is 9.10. The van der Waals surface area contributed by atoms with E-state index in [1.54, 1.807) is 0 Å². The summed E-state index contributed by atoms with van der Waals surface area (Å²) in [5.41, 5.74) is 4.08. The largest absolute Gasteiger partial charge is 0.491 e. The number of benzene rings is 3. The molecular weight excluding hydrogens is 540 g/mol. The molecular formula is C29H24BrClN2O3. The van der Waals surface area contributed by atoms with Crippen LogP contribution in [0.2, 0.25) is 5.02 Å². The van der Waals surface area contributed by atoms with E-state index >= 15 is 0 Å². The lowest BCUT2D eigenvalue weighted by Gasteiger charge is -2.37. The number of halogens is 2. The molecule has 2 aliphatic heterocycles. The molecule has 0 aliphatic carbocycles. The first-order valence-electron chi connectivity index (χ1n) is 11.9. The molecule has 0 saturated carbocycles. The first-order chi connectivity index (χ1) is 17.4. The third-order valence-corrected chi connectivity index (χ3v) is 7.02. The number of fused-ring (bicyclic) bond motifs is 3. The van der Waals surface area contributed by atoms with Gasteiger partial charge in [-0.15, -0.1) is 0 Å². The molecule has 36 heavy (non-hydrogen) atoms. The molecule has 0 bridgehead atoms. The zero-order chi connectivity index (χ0) is 24.8. The highest BCUT2D eigenvalue weighted by Crippen LogP contribution is 2.48. The average Bonchev–Trinajstić information content (AvgIpc) is 3.52. The maximum absolute atomic E-state index is 6.47. The zero-order valence-electron chi connectivity index (χ0n) is 19.8. The van der Waals surface area contributed by atoms with Crippen molar-refractivity contribution in [3.63, 3.8) is 0 Å². The van der Waals surface area contributed by atoms with Crippen molar-refractivity contribution < 1.29 is 13.9 Å². The Morgan fingerprint density at radius 3 is 2.61 bits per heavy atom. The fraction of sp³-hybridized carbons (Fsp3) is 0.207. The third kappa shape index (κ3) is 4.40. The molecule has 3 heterocycles. The van der Waals surface area contributed by atoms with Gasteiger partial charge in [-0.1, -0.05) is 39.7 Å². The van der Waals surface area contributed by atoms with E-state index in [-0.39, 0.29) is 12.1 Å². The summed E-state index contributed by atoms with van der Waals surface area (Å²) in [5.74, 6) is 3.11. The Balaban J connectivity index is 1.36. The van der Waals surface area contributed by atoms with Crippen LogP contribution in [0.3, 0.4) is 0 Å². The summed E-state index contributed by atoms with van der Waals surface area (Å²) in [7, 11) is 0. The Morgan fingerprint density at radius 1 is 1.00 bits per heavy atom. The van der Waals surface area contributed by atoms with Crippen LogP contribution in [-0.4, -0.2) is 16.8 Å². The average molecular weight is 564 g/mol. The highest BCUT2D eigenvalue weighted by atomic mass is 79.9. The van der Waals surface area contributed by atoms with Gasteiger partial charge in [0.05, 0.1) is 17.9 Å². The van der Waals surface area contributed by atoms with Gasteiger partial charge in [-0.25, -0.2) is 5.01 Å². The molecule has 0 amide bonds. The van der Waals surface area contributed by atoms with E-state index in [1.165, 1.54) is 0 Å². The summed E-state index contributed by atoms with van der Waals surface area (Å²) in [6, 6.07) is 25.8. The number of nitrogens with zero attached hydrogens (tertiary/aromatic N) is 2. The molecule has 7 heteroatoms. The van der Waals surface area contributed by atoms with E-state index in [4.69, 9.17) is 30.6 Å². The molecule has 6 rings (SSSR count). The molecule has 5 nitrogen and oxygen atoms in total. The maximum atomic E-state index is 6.47. The van der Waals surface area contributed by atoms with Crippen molar-refractivity contribution in [3.8, 4) is 22.8 Å². The second kappa shape index (κ2) is 9.34. The van der Waals surface area contributed by atoms with E-state index in [2.05, 4.69) is 34.1 Å². The molecule has 0 fully saturated rings. The Hall–Kier alpha value is -3.22. The van der Waals surface area contributed by atoms with Gasteiger partial charge in [0.2, 0.25) is 6.23 Å². The minimum atomic E-state index is -0.488. The van der Waals surface area contributed by atoms with Crippen LogP contribution < -0.4 is 9.47 Å². The van der Waals surface area contributed by atoms with Crippen LogP contribution in [-0.2, 0) is 0 Å². The number of hydrogen-bond donors (Lipinski definition) is 0. The van der Waals surface area contributed by atoms with E-state index in [0.29, 0.717) is 10.8 Å². The summed E-state index contributed by atoms with van der Waals surface area (Å²) in [6.45, 7) is 4.05. The number of ether oxygens (including phenoxy) is 2. The number of hydrazone groups is 1. The van der Waals surface area contributed by atoms with Gasteiger partial charge in [0.1, 0.15) is 17.3 Å². The predicted octanol–water partition coefficient (Wildman–Crippen LogP) is 8.39. The van der Waals surface area contributed by atoms with Gasteiger partial charge in [0.25, 0.3) is 0 Å². The van der Waals surface area contributed by atoms with Crippen molar-refractivity contribution in [1.29, 1.82) is 0 Å². The second-order valence-corrected chi connectivity index (χ2v) is 10.6. The Labute approximate surface area is 223 Å². The van der Waals surface area contributed by atoms with Gasteiger partial charge in [-0.05, 0) is 86.1 Å². The molecule has 182 valence electrons. The summed E-state index contributed by atoms with van der Waals surface area (Å²) >= 11 is 9.81. The number of rotatable bonds is 5. The molecule has 1 aromatic heterocycles. The van der Waals surface area contributed by atoms with Gasteiger partial charge in [-0.2, -0.15) is 5.10 Å². The third-order valence-electron chi connectivity index (χ3n) is 6.29. The lowest BCUT2D eigenvalue weighted by Crippen LogP contribution is -2.33. The molecule has 4 aromatic rings. The highest BCUT2D eigenvalue weighted by Gasteiger charge is 2.42. The summed E-state index contributed by atoms with van der Waals surface area (Å²) in [5, 5.41) is 7.72. The van der Waals surface area contributed by atoms with Crippen LogP contribution in [0.25, 0.3) is 11.3 Å². The van der Waals surface area contributed by atoms with Gasteiger partial charge in [0, 0.05) is 27.0 Å². The first-order valence-corrected chi connectivity index (χ1v) is 13.1. The van der Waals surface area contributed by atoms with Crippen molar-refractivity contribution in [2.45, 2.75) is 38.6 Å². The molecule has 0 unspecified atom stereocenters. The molecule has 2 aliphatic rings. The van der Waals surface area contributed by atoms with Gasteiger partial charge in [0.15, 0.2) is 5.76 Å². The second-order valence-electron chi connectivity index (χ2n) is 9.20. The standard InChI is InChI=1S/C29H24BrClN2O3/c1-17(2)34-22-9-6-18(7-10-22)24-16-25-23-15-20(30)8-11-27(23)36-29(33(25)32-24)28-13-12-26(35-28)19-4-3-5-21(31)14-19/h3-15,17,25,29H,16H2,1-2H3/t25-,29+/m0/s1. The monoisotopic (exact) mass is 562 g/mol. The molecule has 3 aromatic carbocycles. The van der Waals surface area contributed by atoms with E-state index < -0.39 is 6.23 Å². The van der Waals surface area contributed by atoms with Crippen LogP contribution in [0.5, 0.6) is 11.5 Å². The van der Waals surface area contributed by atoms with Gasteiger partial charge >= 0.3 is 0 Å². The van der Waals surface area contributed by atoms with Crippen molar-refractivity contribution in [3.05, 3.63) is 105 Å².